The maximum atomic E-state index is 5.43. The van der Waals surface area contributed by atoms with Crippen LogP contribution in [0.3, 0.4) is 0 Å². The molecule has 4 nitrogen and oxygen atoms in total. The minimum absolute atomic E-state index is 0.766. The number of benzene rings is 1. The molecule has 0 bridgehead atoms. The van der Waals surface area contributed by atoms with Gasteiger partial charge in [0.15, 0.2) is 0 Å². The summed E-state index contributed by atoms with van der Waals surface area (Å²) in [4.78, 5) is 4.15. The zero-order valence-corrected chi connectivity index (χ0v) is 12.6. The van der Waals surface area contributed by atoms with Gasteiger partial charge in [-0.15, -0.1) is 0 Å². The second kappa shape index (κ2) is 6.25. The molecule has 0 saturated heterocycles. The van der Waals surface area contributed by atoms with Crippen molar-refractivity contribution in [1.82, 2.24) is 4.98 Å². The molecule has 0 aliphatic heterocycles. The van der Waals surface area contributed by atoms with E-state index in [1.54, 1.807) is 27.5 Å². The van der Waals surface area contributed by atoms with Gasteiger partial charge < -0.3 is 13.3 Å². The van der Waals surface area contributed by atoms with Gasteiger partial charge >= 0.3 is 8.80 Å². The lowest BCUT2D eigenvalue weighted by atomic mass is 10.1. The van der Waals surface area contributed by atoms with Gasteiger partial charge in [0.1, 0.15) is 0 Å². The number of nitrogens with zero attached hydrogens (tertiary/aromatic N) is 1. The SMILES string of the molecule is CO[Si](CCc1ccc2ccncc2c1)(OC)OC. The zero-order chi connectivity index (χ0) is 13.7. The Kier molecular flexibility index (Phi) is 4.65. The maximum absolute atomic E-state index is 5.43. The molecule has 1 aromatic carbocycles. The molecule has 0 unspecified atom stereocenters. The van der Waals surface area contributed by atoms with Crippen molar-refractivity contribution in [1.29, 1.82) is 0 Å². The highest BCUT2D eigenvalue weighted by atomic mass is 28.4. The summed E-state index contributed by atoms with van der Waals surface area (Å²) in [6, 6.07) is 9.17. The number of fused-ring (bicyclic) bond motifs is 1. The van der Waals surface area contributed by atoms with Gasteiger partial charge in [0.05, 0.1) is 0 Å². The highest BCUT2D eigenvalue weighted by molar-refractivity contribution is 6.60. The first-order chi connectivity index (χ1) is 9.23. The Bertz CT molecular complexity index is 535. The highest BCUT2D eigenvalue weighted by Gasteiger charge is 2.37. The fourth-order valence-electron chi connectivity index (χ4n) is 2.14. The average molecular weight is 277 g/mol. The van der Waals surface area contributed by atoms with Crippen molar-refractivity contribution in [3.8, 4) is 0 Å². The van der Waals surface area contributed by atoms with Crippen LogP contribution in [0.2, 0.25) is 6.04 Å². The first-order valence-corrected chi connectivity index (χ1v) is 8.14. The van der Waals surface area contributed by atoms with E-state index < -0.39 is 8.80 Å². The number of pyridine rings is 1. The Morgan fingerprint density at radius 1 is 1.00 bits per heavy atom. The van der Waals surface area contributed by atoms with Crippen LogP contribution in [0, 0.1) is 0 Å². The molecule has 2 rings (SSSR count). The van der Waals surface area contributed by atoms with Crippen LogP contribution in [0.1, 0.15) is 5.56 Å². The Morgan fingerprint density at radius 2 is 1.74 bits per heavy atom. The third kappa shape index (κ3) is 3.19. The van der Waals surface area contributed by atoms with Gasteiger partial charge in [-0.3, -0.25) is 4.98 Å². The second-order valence-electron chi connectivity index (χ2n) is 4.35. The van der Waals surface area contributed by atoms with Gasteiger partial charge in [0.25, 0.3) is 0 Å². The molecule has 0 radical (unpaired) electrons. The zero-order valence-electron chi connectivity index (χ0n) is 11.6. The van der Waals surface area contributed by atoms with E-state index in [1.165, 1.54) is 10.9 Å². The van der Waals surface area contributed by atoms with Crippen molar-refractivity contribution < 1.29 is 13.3 Å². The molecule has 0 aliphatic rings. The number of aryl methyl sites for hydroxylation is 1. The lowest BCUT2D eigenvalue weighted by Gasteiger charge is -2.24. The van der Waals surface area contributed by atoms with Crippen molar-refractivity contribution in [3.05, 3.63) is 42.2 Å². The van der Waals surface area contributed by atoms with Gasteiger partial charge in [0, 0.05) is 45.2 Å². The predicted molar refractivity (Wildman–Crippen MR) is 77.0 cm³/mol. The topological polar surface area (TPSA) is 40.6 Å². The summed E-state index contributed by atoms with van der Waals surface area (Å²) >= 11 is 0. The monoisotopic (exact) mass is 277 g/mol. The lowest BCUT2D eigenvalue weighted by Crippen LogP contribution is -2.43. The average Bonchev–Trinajstić information content (AvgIpc) is 2.49. The molecule has 1 heterocycles. The fraction of sp³-hybridized carbons (Fsp3) is 0.357. The van der Waals surface area contributed by atoms with E-state index in [0.717, 1.165) is 17.9 Å². The summed E-state index contributed by atoms with van der Waals surface area (Å²) in [6.07, 6.45) is 4.56. The molecule has 0 amide bonds. The van der Waals surface area contributed by atoms with Crippen LogP contribution in [0.5, 0.6) is 0 Å². The Labute approximate surface area is 114 Å². The summed E-state index contributed by atoms with van der Waals surface area (Å²) < 4.78 is 16.3. The number of rotatable bonds is 6. The van der Waals surface area contributed by atoms with E-state index in [0.29, 0.717) is 0 Å². The van der Waals surface area contributed by atoms with Gasteiger partial charge in [0.2, 0.25) is 0 Å². The maximum Gasteiger partial charge on any atom is 0.500 e. The largest absolute Gasteiger partial charge is 0.500 e. The third-order valence-corrected chi connectivity index (χ3v) is 6.09. The van der Waals surface area contributed by atoms with Gasteiger partial charge in [-0.1, -0.05) is 12.1 Å². The normalized spacial score (nSPS) is 11.9. The van der Waals surface area contributed by atoms with Gasteiger partial charge in [-0.25, -0.2) is 0 Å². The summed E-state index contributed by atoms with van der Waals surface area (Å²) in [5.41, 5.74) is 1.24. The molecule has 102 valence electrons. The molecule has 2 aromatic rings. The van der Waals surface area contributed by atoms with Crippen molar-refractivity contribution in [2.45, 2.75) is 12.5 Å². The summed E-state index contributed by atoms with van der Waals surface area (Å²) in [5.74, 6) is 0. The molecule has 0 spiro atoms. The van der Waals surface area contributed by atoms with Crippen LogP contribution in [-0.4, -0.2) is 35.1 Å². The lowest BCUT2D eigenvalue weighted by molar-refractivity contribution is 0.123. The molecule has 5 heteroatoms. The molecule has 19 heavy (non-hydrogen) atoms. The quantitative estimate of drug-likeness (QED) is 0.761. The van der Waals surface area contributed by atoms with Crippen LogP contribution in [0.4, 0.5) is 0 Å². The molecule has 1 aromatic heterocycles. The van der Waals surface area contributed by atoms with E-state index in [2.05, 4.69) is 23.2 Å². The molecule has 0 saturated carbocycles. The molecular weight excluding hydrogens is 258 g/mol. The first kappa shape index (κ1) is 14.1. The third-order valence-electron chi connectivity index (χ3n) is 3.36. The van der Waals surface area contributed by atoms with Crippen LogP contribution < -0.4 is 0 Å². The minimum Gasteiger partial charge on any atom is -0.377 e. The molecular formula is C14H19NO3Si. The molecule has 0 aliphatic carbocycles. The molecule has 0 N–H and O–H groups in total. The van der Waals surface area contributed by atoms with E-state index >= 15 is 0 Å². The van der Waals surface area contributed by atoms with E-state index in [4.69, 9.17) is 13.3 Å². The molecule has 0 atom stereocenters. The van der Waals surface area contributed by atoms with Gasteiger partial charge in [-0.2, -0.15) is 0 Å². The van der Waals surface area contributed by atoms with Crippen molar-refractivity contribution in [2.75, 3.05) is 21.3 Å². The number of aromatic nitrogens is 1. The Morgan fingerprint density at radius 3 is 2.42 bits per heavy atom. The van der Waals surface area contributed by atoms with Crippen molar-refractivity contribution >= 4 is 19.6 Å². The van der Waals surface area contributed by atoms with Crippen LogP contribution >= 0.6 is 0 Å². The summed E-state index contributed by atoms with van der Waals surface area (Å²) in [6.45, 7) is 0. The van der Waals surface area contributed by atoms with E-state index in [9.17, 15) is 0 Å². The van der Waals surface area contributed by atoms with Crippen LogP contribution in [0.25, 0.3) is 10.8 Å². The van der Waals surface area contributed by atoms with Gasteiger partial charge in [-0.05, 0) is 29.5 Å². The van der Waals surface area contributed by atoms with E-state index in [-0.39, 0.29) is 0 Å². The van der Waals surface area contributed by atoms with Crippen LogP contribution in [0.15, 0.2) is 36.7 Å². The smallest absolute Gasteiger partial charge is 0.377 e. The standard InChI is InChI=1S/C14H19NO3Si/c1-16-19(17-2,18-3)9-7-12-4-5-13-6-8-15-11-14(13)10-12/h4-6,8,10-11H,7,9H2,1-3H3. The summed E-state index contributed by atoms with van der Waals surface area (Å²) in [5, 5.41) is 2.35. The second-order valence-corrected chi connectivity index (χ2v) is 7.44. The van der Waals surface area contributed by atoms with Crippen LogP contribution in [-0.2, 0) is 19.7 Å². The van der Waals surface area contributed by atoms with E-state index in [1.807, 2.05) is 12.3 Å². The molecule has 0 fully saturated rings. The Hall–Kier alpha value is -1.27. The number of hydrogen-bond acceptors (Lipinski definition) is 4. The minimum atomic E-state index is -2.48. The summed E-state index contributed by atoms with van der Waals surface area (Å²) in [7, 11) is 2.44. The fourth-order valence-corrected chi connectivity index (χ4v) is 3.85. The van der Waals surface area contributed by atoms with Crippen molar-refractivity contribution in [2.24, 2.45) is 0 Å². The number of hydrogen-bond donors (Lipinski definition) is 0. The predicted octanol–water partition coefficient (Wildman–Crippen LogP) is 2.66. The first-order valence-electron chi connectivity index (χ1n) is 6.21. The highest BCUT2D eigenvalue weighted by Crippen LogP contribution is 2.20. The van der Waals surface area contributed by atoms with Crippen molar-refractivity contribution in [3.63, 3.8) is 0 Å². The Balaban J connectivity index is 2.13.